The number of rotatable bonds is 6. The molecule has 1 aliphatic heterocycles. The number of aromatic nitrogens is 2. The molecule has 7 nitrogen and oxygen atoms in total. The maximum atomic E-state index is 13.6. The first kappa shape index (κ1) is 23.4. The van der Waals surface area contributed by atoms with Crippen LogP contribution in [0, 0.1) is 5.92 Å². The van der Waals surface area contributed by atoms with Crippen LogP contribution in [-0.4, -0.2) is 49.6 Å². The van der Waals surface area contributed by atoms with Gasteiger partial charge in [-0.1, -0.05) is 12.1 Å². The minimum atomic E-state index is -4.58. The van der Waals surface area contributed by atoms with Gasteiger partial charge in [0.15, 0.2) is 0 Å². The fraction of sp³-hybridized carbons (Fsp3) is 0.409. The van der Waals surface area contributed by atoms with Crippen LogP contribution >= 0.6 is 0 Å². The zero-order chi connectivity index (χ0) is 23.8. The Hall–Kier alpha value is -2.79. The summed E-state index contributed by atoms with van der Waals surface area (Å²) < 4.78 is 80.2. The first-order valence-corrected chi connectivity index (χ1v) is 11.8. The monoisotopic (exact) mass is 483 g/mol. The van der Waals surface area contributed by atoms with Gasteiger partial charge in [0, 0.05) is 25.7 Å². The quantitative estimate of drug-likeness (QED) is 0.526. The van der Waals surface area contributed by atoms with E-state index in [1.807, 2.05) is 0 Å². The molecule has 33 heavy (non-hydrogen) atoms. The molecular weight excluding hydrogens is 459 g/mol. The largest absolute Gasteiger partial charge is 0.497 e. The van der Waals surface area contributed by atoms with E-state index in [1.165, 1.54) is 35.2 Å². The van der Waals surface area contributed by atoms with Crippen LogP contribution in [0.4, 0.5) is 13.2 Å². The molecule has 1 aliphatic rings. The lowest BCUT2D eigenvalue weighted by atomic mass is 9.98. The summed E-state index contributed by atoms with van der Waals surface area (Å²) in [6, 6.07) is 11.0. The Morgan fingerprint density at radius 2 is 1.76 bits per heavy atom. The lowest BCUT2D eigenvalue weighted by Crippen LogP contribution is -2.39. The van der Waals surface area contributed by atoms with Crippen molar-refractivity contribution in [3.63, 3.8) is 0 Å². The number of sulfonamides is 1. The highest BCUT2D eigenvalue weighted by atomic mass is 32.2. The first-order valence-electron chi connectivity index (χ1n) is 10.4. The summed E-state index contributed by atoms with van der Waals surface area (Å²) in [7, 11) is -1.03. The number of hydrogen-bond acceptors (Lipinski definition) is 5. The number of benzene rings is 2. The molecule has 11 heteroatoms. The molecule has 4 rings (SSSR count). The van der Waals surface area contributed by atoms with Crippen LogP contribution in [0.3, 0.4) is 0 Å². The van der Waals surface area contributed by atoms with Gasteiger partial charge in [0.25, 0.3) is 0 Å². The predicted molar refractivity (Wildman–Crippen MR) is 116 cm³/mol. The van der Waals surface area contributed by atoms with Crippen LogP contribution in [-0.2, 0) is 22.7 Å². The van der Waals surface area contributed by atoms with Crippen molar-refractivity contribution in [3.8, 4) is 11.5 Å². The smallest absolute Gasteiger partial charge is 0.449 e. The number of halogens is 3. The molecule has 3 aromatic rings. The standard InChI is InChI=1S/C22H24F3N3O4S/c1-31-16-7-8-19(32-2)20(13-16)33(29,30)27-11-9-15(10-12-27)14-28-18-6-4-3-5-17(18)26-21(28)22(23,24)25/h3-8,13,15H,9-12,14H2,1-2H3. The molecule has 0 amide bonds. The van der Waals surface area contributed by atoms with E-state index in [0.717, 1.165) is 0 Å². The first-order chi connectivity index (χ1) is 15.6. The molecule has 0 unspecified atom stereocenters. The molecule has 1 fully saturated rings. The lowest BCUT2D eigenvalue weighted by molar-refractivity contribution is -0.147. The normalized spacial score (nSPS) is 16.3. The fourth-order valence-electron chi connectivity index (χ4n) is 4.19. The molecule has 0 N–H and O–H groups in total. The zero-order valence-corrected chi connectivity index (χ0v) is 19.0. The van der Waals surface area contributed by atoms with Gasteiger partial charge >= 0.3 is 6.18 Å². The van der Waals surface area contributed by atoms with Gasteiger partial charge in [-0.05, 0) is 43.0 Å². The van der Waals surface area contributed by atoms with Gasteiger partial charge in [0.2, 0.25) is 15.8 Å². The Bertz CT molecular complexity index is 1250. The van der Waals surface area contributed by atoms with Crippen molar-refractivity contribution in [2.24, 2.45) is 5.92 Å². The van der Waals surface area contributed by atoms with Crippen molar-refractivity contribution < 1.29 is 31.1 Å². The highest BCUT2D eigenvalue weighted by Crippen LogP contribution is 2.35. The van der Waals surface area contributed by atoms with Crippen molar-refractivity contribution in [2.45, 2.75) is 30.5 Å². The molecule has 0 aliphatic carbocycles. The van der Waals surface area contributed by atoms with Gasteiger partial charge in [-0.25, -0.2) is 13.4 Å². The van der Waals surface area contributed by atoms with Crippen molar-refractivity contribution >= 4 is 21.1 Å². The van der Waals surface area contributed by atoms with Gasteiger partial charge in [-0.2, -0.15) is 17.5 Å². The van der Waals surface area contributed by atoms with Gasteiger partial charge < -0.3 is 14.0 Å². The highest BCUT2D eigenvalue weighted by Gasteiger charge is 2.39. The molecule has 1 aromatic heterocycles. The Labute approximate surface area is 189 Å². The summed E-state index contributed by atoms with van der Waals surface area (Å²) in [5.41, 5.74) is 0.705. The molecule has 0 spiro atoms. The van der Waals surface area contributed by atoms with Crippen molar-refractivity contribution in [1.82, 2.24) is 13.9 Å². The number of alkyl halides is 3. The summed E-state index contributed by atoms with van der Waals surface area (Å²) in [6.45, 7) is 0.508. The van der Waals surface area contributed by atoms with Crippen molar-refractivity contribution in [2.75, 3.05) is 27.3 Å². The molecule has 0 radical (unpaired) electrons. The van der Waals surface area contributed by atoms with Gasteiger partial charge in [-0.3, -0.25) is 0 Å². The second kappa shape index (κ2) is 8.86. The van der Waals surface area contributed by atoms with Crippen LogP contribution in [0.15, 0.2) is 47.4 Å². The third-order valence-electron chi connectivity index (χ3n) is 5.91. The third-order valence-corrected chi connectivity index (χ3v) is 7.83. The van der Waals surface area contributed by atoms with Gasteiger partial charge in [0.1, 0.15) is 16.4 Å². The lowest BCUT2D eigenvalue weighted by Gasteiger charge is -2.32. The van der Waals surface area contributed by atoms with E-state index in [1.54, 1.807) is 30.3 Å². The summed E-state index contributed by atoms with van der Waals surface area (Å²) in [6.07, 6.45) is -3.73. The van der Waals surface area contributed by atoms with Gasteiger partial charge in [-0.15, -0.1) is 0 Å². The number of methoxy groups -OCH3 is 2. The average Bonchev–Trinajstić information content (AvgIpc) is 3.18. The molecule has 0 saturated carbocycles. The molecule has 0 bridgehead atoms. The predicted octanol–water partition coefficient (Wildman–Crippen LogP) is 4.17. The van der Waals surface area contributed by atoms with Crippen molar-refractivity contribution in [1.29, 1.82) is 0 Å². The second-order valence-corrected chi connectivity index (χ2v) is 9.80. The molecule has 2 heterocycles. The number of ether oxygens (including phenoxy) is 2. The van der Waals surface area contributed by atoms with Gasteiger partial charge in [0.05, 0.1) is 25.3 Å². The molecule has 2 aromatic carbocycles. The maximum Gasteiger partial charge on any atom is 0.449 e. The van der Waals surface area contributed by atoms with E-state index >= 15 is 0 Å². The number of hydrogen-bond donors (Lipinski definition) is 0. The Kier molecular flexibility index (Phi) is 6.28. The fourth-order valence-corrected chi connectivity index (χ4v) is 5.83. The molecule has 1 saturated heterocycles. The van der Waals surface area contributed by atoms with E-state index in [9.17, 15) is 21.6 Å². The van der Waals surface area contributed by atoms with Crippen LogP contribution < -0.4 is 9.47 Å². The van der Waals surface area contributed by atoms with Crippen molar-refractivity contribution in [3.05, 3.63) is 48.3 Å². The number of nitrogens with zero attached hydrogens (tertiary/aromatic N) is 3. The number of para-hydroxylation sites is 2. The Balaban J connectivity index is 1.54. The van der Waals surface area contributed by atoms with Crippen LogP contribution in [0.2, 0.25) is 0 Å². The average molecular weight is 484 g/mol. The van der Waals surface area contributed by atoms with E-state index in [-0.39, 0.29) is 41.7 Å². The maximum absolute atomic E-state index is 13.6. The second-order valence-electron chi connectivity index (χ2n) is 7.90. The van der Waals surface area contributed by atoms with Crippen LogP contribution in [0.25, 0.3) is 11.0 Å². The molecule has 178 valence electrons. The SMILES string of the molecule is COc1ccc(OC)c(S(=O)(=O)N2CCC(Cn3c(C(F)(F)F)nc4ccccc43)CC2)c1. The number of fused-ring (bicyclic) bond motifs is 1. The van der Waals surface area contributed by atoms with Crippen LogP contribution in [0.1, 0.15) is 18.7 Å². The highest BCUT2D eigenvalue weighted by molar-refractivity contribution is 7.89. The van der Waals surface area contributed by atoms with E-state index in [2.05, 4.69) is 4.98 Å². The van der Waals surface area contributed by atoms with E-state index in [4.69, 9.17) is 9.47 Å². The summed E-state index contributed by atoms with van der Waals surface area (Å²) >= 11 is 0. The number of imidazole rings is 1. The minimum absolute atomic E-state index is 0.00256. The topological polar surface area (TPSA) is 73.7 Å². The Morgan fingerprint density at radius 1 is 1.06 bits per heavy atom. The number of piperidine rings is 1. The van der Waals surface area contributed by atoms with E-state index in [0.29, 0.717) is 24.1 Å². The zero-order valence-electron chi connectivity index (χ0n) is 18.2. The molecule has 0 atom stereocenters. The summed E-state index contributed by atoms with van der Waals surface area (Å²) in [5, 5.41) is 0. The molecular formula is C22H24F3N3O4S. The third kappa shape index (κ3) is 4.51. The summed E-state index contributed by atoms with van der Waals surface area (Å²) in [4.78, 5) is 3.79. The minimum Gasteiger partial charge on any atom is -0.497 e. The Morgan fingerprint density at radius 3 is 2.39 bits per heavy atom. The van der Waals surface area contributed by atoms with E-state index < -0.39 is 22.0 Å². The van der Waals surface area contributed by atoms with Crippen LogP contribution in [0.5, 0.6) is 11.5 Å². The summed E-state index contributed by atoms with van der Waals surface area (Å²) in [5.74, 6) is -0.462.